The monoisotopic (exact) mass is 291 g/mol. The van der Waals surface area contributed by atoms with E-state index in [1.165, 1.54) is 0 Å². The van der Waals surface area contributed by atoms with Crippen LogP contribution in [0, 0.1) is 11.3 Å². The maximum atomic E-state index is 7.97. The largest absolute Gasteiger partial charge is 0.384 e. The molecule has 1 heterocycles. The van der Waals surface area contributed by atoms with Crippen LogP contribution in [0.15, 0.2) is 0 Å². The molecular weight excluding hydrogens is 262 g/mol. The van der Waals surface area contributed by atoms with Gasteiger partial charge in [0.15, 0.2) is 5.82 Å². The van der Waals surface area contributed by atoms with Crippen molar-refractivity contribution in [3.8, 4) is 0 Å². The molecule has 0 aliphatic rings. The number of hydrogen-bond donors (Lipinski definition) is 2. The summed E-state index contributed by atoms with van der Waals surface area (Å²) in [6, 6.07) is 0. The maximum absolute atomic E-state index is 7.97. The molecular formula is C16H29N5. The Balaban J connectivity index is 3.36. The normalized spacial score (nSPS) is 12.2. The molecule has 0 spiro atoms. The average molecular weight is 291 g/mol. The fourth-order valence-corrected chi connectivity index (χ4v) is 2.54. The predicted molar refractivity (Wildman–Crippen MR) is 89.1 cm³/mol. The van der Waals surface area contributed by atoms with Crippen molar-refractivity contribution in [2.45, 2.75) is 53.9 Å². The Morgan fingerprint density at radius 2 is 1.86 bits per heavy atom. The number of rotatable bonds is 8. The first kappa shape index (κ1) is 17.4. The van der Waals surface area contributed by atoms with Gasteiger partial charge >= 0.3 is 0 Å². The number of nitrogens with two attached hydrogens (primary N) is 1. The molecule has 1 atom stereocenters. The highest BCUT2D eigenvalue weighted by atomic mass is 15.3. The minimum atomic E-state index is 0.0917. The summed E-state index contributed by atoms with van der Waals surface area (Å²) in [7, 11) is 0. The van der Waals surface area contributed by atoms with Crippen LogP contribution in [0.25, 0.3) is 0 Å². The Hall–Kier alpha value is -1.65. The zero-order chi connectivity index (χ0) is 16.0. The number of amidine groups is 1. The van der Waals surface area contributed by atoms with Gasteiger partial charge in [-0.2, -0.15) is 5.10 Å². The lowest BCUT2D eigenvalue weighted by Gasteiger charge is -2.27. The third-order valence-electron chi connectivity index (χ3n) is 4.01. The molecule has 21 heavy (non-hydrogen) atoms. The predicted octanol–water partition coefficient (Wildman–Crippen LogP) is 2.76. The first-order valence-corrected chi connectivity index (χ1v) is 7.97. The van der Waals surface area contributed by atoms with Crippen molar-refractivity contribution in [1.29, 1.82) is 5.41 Å². The average Bonchev–Trinajstić information content (AvgIpc) is 2.50. The first-order chi connectivity index (χ1) is 9.99. The lowest BCUT2D eigenvalue weighted by atomic mass is 10.0. The van der Waals surface area contributed by atoms with Gasteiger partial charge in [-0.05, 0) is 31.2 Å². The molecule has 1 unspecified atom stereocenters. The van der Waals surface area contributed by atoms with Crippen LogP contribution in [0.2, 0.25) is 0 Å². The van der Waals surface area contributed by atoms with Gasteiger partial charge < -0.3 is 10.6 Å². The van der Waals surface area contributed by atoms with Crippen LogP contribution >= 0.6 is 0 Å². The third-order valence-corrected chi connectivity index (χ3v) is 4.01. The third kappa shape index (κ3) is 3.93. The molecule has 5 heteroatoms. The minimum absolute atomic E-state index is 0.0917. The summed E-state index contributed by atoms with van der Waals surface area (Å²) >= 11 is 0. The lowest BCUT2D eigenvalue weighted by molar-refractivity contribution is 0.543. The van der Waals surface area contributed by atoms with Crippen molar-refractivity contribution in [3.05, 3.63) is 16.8 Å². The zero-order valence-corrected chi connectivity index (χ0v) is 14.0. The fourth-order valence-electron chi connectivity index (χ4n) is 2.54. The first-order valence-electron chi connectivity index (χ1n) is 7.97. The second kappa shape index (κ2) is 7.96. The summed E-state index contributed by atoms with van der Waals surface area (Å²) in [6.45, 7) is 12.4. The van der Waals surface area contributed by atoms with E-state index in [0.717, 1.165) is 55.0 Å². The molecule has 1 aromatic rings. The van der Waals surface area contributed by atoms with Crippen LogP contribution in [0.5, 0.6) is 0 Å². The maximum Gasteiger partial charge on any atom is 0.162 e. The van der Waals surface area contributed by atoms with Crippen LogP contribution in [0.3, 0.4) is 0 Å². The van der Waals surface area contributed by atoms with Crippen molar-refractivity contribution in [2.24, 2.45) is 11.7 Å². The lowest BCUT2D eigenvalue weighted by Crippen LogP contribution is -2.32. The molecule has 1 aromatic heterocycles. The Morgan fingerprint density at radius 3 is 2.29 bits per heavy atom. The van der Waals surface area contributed by atoms with Crippen molar-refractivity contribution in [2.75, 3.05) is 18.0 Å². The number of hydrogen-bond acceptors (Lipinski definition) is 4. The molecule has 1 rings (SSSR count). The fraction of sp³-hybridized carbons (Fsp3) is 0.688. The molecule has 0 radical (unpaired) electrons. The van der Waals surface area contributed by atoms with Gasteiger partial charge in [0.2, 0.25) is 0 Å². The number of nitrogens with one attached hydrogen (secondary N) is 1. The molecule has 0 saturated heterocycles. The summed E-state index contributed by atoms with van der Waals surface area (Å²) < 4.78 is 0. The smallest absolute Gasteiger partial charge is 0.162 e. The quantitative estimate of drug-likeness (QED) is 0.570. The van der Waals surface area contributed by atoms with Crippen LogP contribution < -0.4 is 10.6 Å². The number of anilines is 1. The van der Waals surface area contributed by atoms with Gasteiger partial charge in [-0.1, -0.05) is 34.1 Å². The Kier molecular flexibility index (Phi) is 6.59. The molecule has 0 saturated carbocycles. The van der Waals surface area contributed by atoms with E-state index in [-0.39, 0.29) is 5.84 Å². The standard InChI is InChI=1S/C16H29N5/c1-6-11(5)10-21(9-4)16-14(15(17)18)12(7-2)13(8-3)19-20-16/h11H,6-10H2,1-5H3,(H3,17,18). The second-order valence-corrected chi connectivity index (χ2v) is 5.50. The van der Waals surface area contributed by atoms with E-state index in [0.29, 0.717) is 5.92 Å². The highest BCUT2D eigenvalue weighted by molar-refractivity contribution is 6.01. The van der Waals surface area contributed by atoms with Crippen molar-refractivity contribution in [3.63, 3.8) is 0 Å². The molecule has 0 amide bonds. The number of aromatic nitrogens is 2. The van der Waals surface area contributed by atoms with Gasteiger partial charge in [0.05, 0.1) is 11.3 Å². The second-order valence-electron chi connectivity index (χ2n) is 5.50. The van der Waals surface area contributed by atoms with Crippen molar-refractivity contribution < 1.29 is 0 Å². The summed E-state index contributed by atoms with van der Waals surface area (Å²) in [6.07, 6.45) is 2.75. The summed E-state index contributed by atoms with van der Waals surface area (Å²) in [5.74, 6) is 1.43. The van der Waals surface area contributed by atoms with Gasteiger partial charge in [0.25, 0.3) is 0 Å². The van der Waals surface area contributed by atoms with Crippen LogP contribution in [0.4, 0.5) is 5.82 Å². The Bertz CT molecular complexity index is 484. The van der Waals surface area contributed by atoms with Crippen molar-refractivity contribution in [1.82, 2.24) is 10.2 Å². The number of nitrogen functional groups attached to an aromatic ring is 1. The Morgan fingerprint density at radius 1 is 1.19 bits per heavy atom. The van der Waals surface area contributed by atoms with E-state index in [9.17, 15) is 0 Å². The topological polar surface area (TPSA) is 78.9 Å². The van der Waals surface area contributed by atoms with E-state index in [2.05, 4.69) is 49.7 Å². The van der Waals surface area contributed by atoms with Crippen LogP contribution in [0.1, 0.15) is 57.9 Å². The van der Waals surface area contributed by atoms with E-state index in [1.54, 1.807) is 0 Å². The van der Waals surface area contributed by atoms with Crippen LogP contribution in [-0.2, 0) is 12.8 Å². The van der Waals surface area contributed by atoms with Gasteiger partial charge in [-0.15, -0.1) is 5.10 Å². The molecule has 0 bridgehead atoms. The molecule has 0 fully saturated rings. The summed E-state index contributed by atoms with van der Waals surface area (Å²) in [5, 5.41) is 16.7. The van der Waals surface area contributed by atoms with E-state index in [4.69, 9.17) is 11.1 Å². The zero-order valence-electron chi connectivity index (χ0n) is 14.0. The Labute approximate surface area is 128 Å². The van der Waals surface area contributed by atoms with Gasteiger partial charge in [-0.25, -0.2) is 0 Å². The number of aryl methyl sites for hydroxylation is 1. The molecule has 0 aliphatic carbocycles. The SMILES string of the molecule is CCc1nnc(N(CC)CC(C)CC)c(C(=N)N)c1CC. The highest BCUT2D eigenvalue weighted by Crippen LogP contribution is 2.24. The van der Waals surface area contributed by atoms with E-state index >= 15 is 0 Å². The number of nitrogens with zero attached hydrogens (tertiary/aromatic N) is 3. The van der Waals surface area contributed by atoms with E-state index < -0.39 is 0 Å². The minimum Gasteiger partial charge on any atom is -0.384 e. The molecule has 0 aliphatic heterocycles. The van der Waals surface area contributed by atoms with Gasteiger partial charge in [0, 0.05) is 13.1 Å². The highest BCUT2D eigenvalue weighted by Gasteiger charge is 2.21. The van der Waals surface area contributed by atoms with Crippen molar-refractivity contribution >= 4 is 11.7 Å². The van der Waals surface area contributed by atoms with Crippen LogP contribution in [-0.4, -0.2) is 29.1 Å². The molecule has 3 N–H and O–H groups in total. The van der Waals surface area contributed by atoms with Gasteiger partial charge in [0.1, 0.15) is 5.84 Å². The molecule has 118 valence electrons. The van der Waals surface area contributed by atoms with E-state index in [1.807, 2.05) is 0 Å². The van der Waals surface area contributed by atoms with Gasteiger partial charge in [-0.3, -0.25) is 5.41 Å². The summed E-state index contributed by atoms with van der Waals surface area (Å²) in [5.41, 5.74) is 8.65. The molecule has 5 nitrogen and oxygen atoms in total. The summed E-state index contributed by atoms with van der Waals surface area (Å²) in [4.78, 5) is 2.19. The molecule has 0 aromatic carbocycles.